The minimum atomic E-state index is -0.168. The first-order valence-corrected chi connectivity index (χ1v) is 19.0. The van der Waals surface area contributed by atoms with Gasteiger partial charge in [-0.25, -0.2) is 9.89 Å². The fourth-order valence-corrected chi connectivity index (χ4v) is 9.46. The Kier molecular flexibility index (Phi) is 10.5. The van der Waals surface area contributed by atoms with Crippen molar-refractivity contribution in [3.05, 3.63) is 57.4 Å². The molecule has 0 radical (unpaired) electrons. The molecule has 0 spiro atoms. The van der Waals surface area contributed by atoms with E-state index in [1.54, 1.807) is 4.90 Å². The molecule has 3 aliphatic heterocycles. The van der Waals surface area contributed by atoms with Crippen molar-refractivity contribution in [3.63, 3.8) is 0 Å². The number of fused-ring (bicyclic) bond motifs is 3. The largest absolute Gasteiger partial charge is 0.343 e. The highest BCUT2D eigenvalue weighted by Crippen LogP contribution is 2.50. The summed E-state index contributed by atoms with van der Waals surface area (Å²) in [4.78, 5) is 43.9. The van der Waals surface area contributed by atoms with E-state index in [0.29, 0.717) is 6.04 Å². The van der Waals surface area contributed by atoms with Crippen LogP contribution in [0.5, 0.6) is 0 Å². The molecule has 6 rings (SSSR count). The van der Waals surface area contributed by atoms with Crippen LogP contribution < -0.4 is 21.6 Å². The van der Waals surface area contributed by atoms with Gasteiger partial charge in [0.05, 0.1) is 25.7 Å². The molecule has 9 heteroatoms. The second-order valence-electron chi connectivity index (χ2n) is 16.2. The van der Waals surface area contributed by atoms with Crippen LogP contribution in [0.25, 0.3) is 12.3 Å². The predicted octanol–water partition coefficient (Wildman–Crippen LogP) is 4.37. The lowest BCUT2D eigenvalue weighted by Crippen LogP contribution is -2.53. The number of amides is 2. The first-order chi connectivity index (χ1) is 23.8. The number of amidine groups is 1. The van der Waals surface area contributed by atoms with E-state index in [2.05, 4.69) is 79.7 Å². The van der Waals surface area contributed by atoms with Gasteiger partial charge in [0.25, 0.3) is 11.7 Å². The summed E-state index contributed by atoms with van der Waals surface area (Å²) in [6.07, 6.45) is 21.5. The van der Waals surface area contributed by atoms with Crippen molar-refractivity contribution in [1.29, 1.82) is 0 Å². The normalized spacial score (nSPS) is 27.5. The summed E-state index contributed by atoms with van der Waals surface area (Å²) in [7, 11) is 5.75. The molecule has 2 bridgehead atoms. The molecule has 4 atom stereocenters. The van der Waals surface area contributed by atoms with Crippen LogP contribution in [0.2, 0.25) is 0 Å². The van der Waals surface area contributed by atoms with E-state index < -0.39 is 0 Å². The standard InChI is InChI=1S/C41H58N6O3/c1-8-28-19-29(38(49)27(3)41(4)22-33-16-17-34(23-41)46(33)37(48)24-42)14-15-31(20-28)43-39-26(2)13-18-35-30(25-45(39)7)21-36(40(50)44(5)6)47(35)32-11-9-10-12-32/h14-15,18-19,21,25-27,32-34H,8-13,16-17,20,22-24,42H2,1-7H3/p+1. The summed E-state index contributed by atoms with van der Waals surface area (Å²) in [5, 5.41) is 6.03. The Balaban J connectivity index is 1.28. The van der Waals surface area contributed by atoms with Gasteiger partial charge < -0.3 is 20.1 Å². The molecule has 270 valence electrons. The number of ketones is 1. The summed E-state index contributed by atoms with van der Waals surface area (Å²) < 4.78 is 4.51. The topological polar surface area (TPSA) is 104 Å². The highest BCUT2D eigenvalue weighted by molar-refractivity contribution is 6.00. The van der Waals surface area contributed by atoms with Crippen LogP contribution >= 0.6 is 0 Å². The van der Waals surface area contributed by atoms with E-state index in [9.17, 15) is 14.4 Å². The van der Waals surface area contributed by atoms with E-state index >= 15 is 0 Å². The number of aromatic nitrogens is 1. The van der Waals surface area contributed by atoms with Gasteiger partial charge in [-0.1, -0.05) is 58.3 Å². The minimum Gasteiger partial charge on any atom is -0.343 e. The maximum absolute atomic E-state index is 14.2. The number of hydrogen-bond donors (Lipinski definition) is 2. The van der Waals surface area contributed by atoms with E-state index in [0.717, 1.165) is 91.2 Å². The van der Waals surface area contributed by atoms with Crippen molar-refractivity contribution < 1.29 is 19.0 Å². The monoisotopic (exact) mass is 683 g/mol. The molecule has 9 nitrogen and oxygen atoms in total. The average molecular weight is 684 g/mol. The maximum atomic E-state index is 14.2. The molecule has 1 aromatic heterocycles. The van der Waals surface area contributed by atoms with E-state index in [1.165, 1.54) is 18.4 Å². The second kappa shape index (κ2) is 14.5. The van der Waals surface area contributed by atoms with Gasteiger partial charge in [-0.05, 0) is 75.0 Å². The maximum Gasteiger partial charge on any atom is 0.270 e. The Morgan fingerprint density at radius 3 is 2.38 bits per heavy atom. The molecular weight excluding hydrogens is 624 g/mol. The third-order valence-electron chi connectivity index (χ3n) is 12.5. The third-order valence-corrected chi connectivity index (χ3v) is 12.5. The number of nitrogens with zero attached hydrogens (tertiary/aromatic N) is 4. The van der Waals surface area contributed by atoms with Crippen molar-refractivity contribution in [3.8, 4) is 0 Å². The number of allylic oxidation sites excluding steroid dienone is 5. The molecule has 2 aliphatic carbocycles. The van der Waals surface area contributed by atoms with Crippen LogP contribution in [0.15, 0.2) is 41.1 Å². The van der Waals surface area contributed by atoms with Gasteiger partial charge in [0.15, 0.2) is 5.78 Å². The van der Waals surface area contributed by atoms with Crippen molar-refractivity contribution in [2.75, 3.05) is 27.7 Å². The Morgan fingerprint density at radius 1 is 1.08 bits per heavy atom. The molecule has 3 N–H and O–H groups in total. The number of rotatable bonds is 8. The van der Waals surface area contributed by atoms with Crippen molar-refractivity contribution in [2.45, 2.75) is 116 Å². The molecule has 0 aromatic carbocycles. The van der Waals surface area contributed by atoms with Crippen LogP contribution in [-0.2, 0) is 9.59 Å². The van der Waals surface area contributed by atoms with Crippen LogP contribution in [0.4, 0.5) is 0 Å². The summed E-state index contributed by atoms with van der Waals surface area (Å²) >= 11 is 0. The number of carbonyl (C=O) groups is 3. The molecule has 4 heterocycles. The average Bonchev–Trinajstić information content (AvgIpc) is 3.77. The molecular formula is C41H59N6O3+. The van der Waals surface area contributed by atoms with Gasteiger partial charge >= 0.3 is 0 Å². The zero-order valence-electron chi connectivity index (χ0n) is 31.4. The van der Waals surface area contributed by atoms with Crippen molar-refractivity contribution >= 4 is 35.7 Å². The van der Waals surface area contributed by atoms with E-state index in [4.69, 9.17) is 5.73 Å². The summed E-state index contributed by atoms with van der Waals surface area (Å²) in [5.74, 6) is 1.42. The zero-order chi connectivity index (χ0) is 35.9. The van der Waals surface area contributed by atoms with Gasteiger partial charge in [-0.15, -0.1) is 0 Å². The molecule has 1 aromatic rings. The quantitative estimate of drug-likeness (QED) is 0.397. The Hall–Kier alpha value is -3.72. The summed E-state index contributed by atoms with van der Waals surface area (Å²) in [6.45, 7) is 8.81. The first-order valence-electron chi connectivity index (χ1n) is 19.0. The highest BCUT2D eigenvalue weighted by atomic mass is 16.2. The first kappa shape index (κ1) is 36.1. The SMILES string of the molecule is CCC1=CC(C(=O)C(C)C2(C)CC3CCC(C2)N3C(=O)CN)=CC=C(NC2=[N+](C)C=c3cc(C(=O)N(C)C)n(C4CCCC4)c3=CCC2C)C1. The fourth-order valence-electron chi connectivity index (χ4n) is 9.46. The molecule has 4 unspecified atom stereocenters. The lowest BCUT2D eigenvalue weighted by molar-refractivity contribution is -0.390. The highest BCUT2D eigenvalue weighted by Gasteiger charge is 2.51. The lowest BCUT2D eigenvalue weighted by atomic mass is 9.66. The molecule has 2 saturated heterocycles. The van der Waals surface area contributed by atoms with Gasteiger partial charge in [-0.3, -0.25) is 14.4 Å². The summed E-state index contributed by atoms with van der Waals surface area (Å²) in [5.41, 5.74) is 9.41. The smallest absolute Gasteiger partial charge is 0.270 e. The van der Waals surface area contributed by atoms with Crippen LogP contribution in [-0.4, -0.2) is 82.1 Å². The molecule has 2 amide bonds. The molecule has 1 saturated carbocycles. The van der Waals surface area contributed by atoms with Crippen LogP contribution in [0, 0.1) is 17.3 Å². The predicted molar refractivity (Wildman–Crippen MR) is 200 cm³/mol. The number of Topliss-reactive ketones (excluding diaryl/α,β-unsaturated/α-hetero) is 1. The zero-order valence-corrected chi connectivity index (χ0v) is 31.4. The second-order valence-corrected chi connectivity index (χ2v) is 16.2. The lowest BCUT2D eigenvalue weighted by Gasteiger charge is -2.47. The number of hydrogen-bond acceptors (Lipinski definition) is 5. The van der Waals surface area contributed by atoms with Gasteiger partial charge in [0.2, 0.25) is 5.91 Å². The fraction of sp³-hybridized carbons (Fsp3) is 0.610. The van der Waals surface area contributed by atoms with Crippen molar-refractivity contribution in [1.82, 2.24) is 19.7 Å². The van der Waals surface area contributed by atoms with Gasteiger partial charge in [0.1, 0.15) is 11.4 Å². The minimum absolute atomic E-state index is 0.0374. The Bertz CT molecular complexity index is 1770. The van der Waals surface area contributed by atoms with Gasteiger partial charge in [0, 0.05) is 60.7 Å². The Morgan fingerprint density at radius 2 is 1.76 bits per heavy atom. The van der Waals surface area contributed by atoms with E-state index in [1.807, 2.05) is 25.1 Å². The molecule has 5 aliphatic rings. The number of nitrogens with two attached hydrogens (primary N) is 1. The van der Waals surface area contributed by atoms with E-state index in [-0.39, 0.29) is 53.5 Å². The third kappa shape index (κ3) is 6.82. The summed E-state index contributed by atoms with van der Waals surface area (Å²) in [6, 6.07) is 2.79. The number of nitrogens with one attached hydrogen (secondary N) is 1. The number of carbonyl (C=O) groups excluding carboxylic acids is 3. The molecule has 3 fully saturated rings. The van der Waals surface area contributed by atoms with Gasteiger partial charge in [-0.2, -0.15) is 0 Å². The van der Waals surface area contributed by atoms with Crippen molar-refractivity contribution in [2.24, 2.45) is 23.0 Å². The van der Waals surface area contributed by atoms with Crippen LogP contribution in [0.3, 0.4) is 0 Å². The number of piperidine rings is 1. The Labute approximate surface area is 298 Å². The van der Waals surface area contributed by atoms with Crippen LogP contribution in [0.1, 0.15) is 115 Å². The molecule has 50 heavy (non-hydrogen) atoms.